The van der Waals surface area contributed by atoms with E-state index in [1.165, 1.54) is 6.20 Å². The zero-order valence-corrected chi connectivity index (χ0v) is 7.47. The highest BCUT2D eigenvalue weighted by atomic mass is 32.2. The number of nitrogens with two attached hydrogens (primary N) is 2. The zero-order chi connectivity index (χ0) is 9.84. The minimum atomic E-state index is -0.521. The van der Waals surface area contributed by atoms with Gasteiger partial charge >= 0.3 is 0 Å². The monoisotopic (exact) mass is 196 g/mol. The first-order valence-electron chi connectivity index (χ1n) is 3.37. The topological polar surface area (TPSA) is 106 Å². The number of hydrogen-bond donors (Lipinski definition) is 3. The van der Waals surface area contributed by atoms with Gasteiger partial charge in [-0.2, -0.15) is 0 Å². The molecule has 0 unspecified atom stereocenters. The summed E-state index contributed by atoms with van der Waals surface area (Å²) in [6, 6.07) is 3.13. The Balaban J connectivity index is 2.81. The van der Waals surface area contributed by atoms with Gasteiger partial charge in [0.2, 0.25) is 5.91 Å². The highest BCUT2D eigenvalue weighted by Gasteiger charge is 2.01. The molecule has 0 aliphatic heterocycles. The maximum atomic E-state index is 10.6. The van der Waals surface area contributed by atoms with Crippen molar-refractivity contribution in [2.45, 2.75) is 5.03 Å². The second-order valence-electron chi connectivity index (χ2n) is 2.22. The van der Waals surface area contributed by atoms with Crippen molar-refractivity contribution in [1.29, 1.82) is 5.41 Å². The van der Waals surface area contributed by atoms with Crippen LogP contribution in [-0.4, -0.2) is 16.1 Å². The van der Waals surface area contributed by atoms with Crippen LogP contribution in [0.1, 0.15) is 10.4 Å². The Labute approximate surface area is 79.0 Å². The minimum Gasteiger partial charge on any atom is -0.378 e. The zero-order valence-electron chi connectivity index (χ0n) is 6.65. The van der Waals surface area contributed by atoms with Crippen molar-refractivity contribution >= 4 is 22.8 Å². The number of amides is 1. The second kappa shape index (κ2) is 3.90. The van der Waals surface area contributed by atoms with E-state index in [2.05, 4.69) is 4.98 Å². The quantitative estimate of drug-likeness (QED) is 0.356. The van der Waals surface area contributed by atoms with E-state index in [9.17, 15) is 4.79 Å². The number of carbonyl (C=O) groups excluding carboxylic acids is 1. The first-order valence-corrected chi connectivity index (χ1v) is 4.19. The fourth-order valence-electron chi connectivity index (χ4n) is 0.699. The molecule has 68 valence electrons. The maximum absolute atomic E-state index is 10.6. The van der Waals surface area contributed by atoms with Crippen LogP contribution >= 0.6 is 11.8 Å². The predicted octanol–water partition coefficient (Wildman–Crippen LogP) is 0.166. The third-order valence-corrected chi connectivity index (χ3v) is 1.91. The van der Waals surface area contributed by atoms with E-state index in [-0.39, 0.29) is 5.17 Å². The van der Waals surface area contributed by atoms with E-state index in [0.717, 1.165) is 11.8 Å². The lowest BCUT2D eigenvalue weighted by Gasteiger charge is -1.98. The van der Waals surface area contributed by atoms with Crippen LogP contribution in [-0.2, 0) is 0 Å². The van der Waals surface area contributed by atoms with E-state index < -0.39 is 5.91 Å². The third kappa shape index (κ3) is 2.75. The normalized spacial score (nSPS) is 9.54. The van der Waals surface area contributed by atoms with Crippen LogP contribution in [0.4, 0.5) is 0 Å². The van der Waals surface area contributed by atoms with Crippen molar-refractivity contribution < 1.29 is 4.79 Å². The summed E-state index contributed by atoms with van der Waals surface area (Å²) in [5, 5.41) is 7.50. The molecule has 0 saturated heterocycles. The van der Waals surface area contributed by atoms with E-state index in [0.29, 0.717) is 10.6 Å². The Morgan fingerprint density at radius 1 is 1.46 bits per heavy atom. The van der Waals surface area contributed by atoms with Gasteiger partial charge in [-0.05, 0) is 23.9 Å². The molecule has 5 N–H and O–H groups in total. The standard InChI is InChI=1S/C7H8N4OS/c8-6(12)4-1-2-5(11-3-4)13-7(9)10/h1-3H,(H2,8,12)(H3,9,10). The fourth-order valence-corrected chi connectivity index (χ4v) is 1.17. The van der Waals surface area contributed by atoms with Gasteiger partial charge in [0, 0.05) is 6.20 Å². The minimum absolute atomic E-state index is 0.0423. The van der Waals surface area contributed by atoms with Gasteiger partial charge in [-0.25, -0.2) is 4.98 Å². The maximum Gasteiger partial charge on any atom is 0.250 e. The summed E-state index contributed by atoms with van der Waals surface area (Å²) in [7, 11) is 0. The highest BCUT2D eigenvalue weighted by Crippen LogP contribution is 2.13. The van der Waals surface area contributed by atoms with Crippen molar-refractivity contribution in [3.05, 3.63) is 23.9 Å². The van der Waals surface area contributed by atoms with Gasteiger partial charge in [0.1, 0.15) is 5.03 Å². The lowest BCUT2D eigenvalue weighted by atomic mass is 10.3. The Morgan fingerprint density at radius 3 is 2.54 bits per heavy atom. The van der Waals surface area contributed by atoms with Crippen LogP contribution in [0.2, 0.25) is 0 Å². The molecule has 6 heteroatoms. The summed E-state index contributed by atoms with van der Waals surface area (Å²) in [6.07, 6.45) is 1.35. The number of rotatable bonds is 2. The van der Waals surface area contributed by atoms with Gasteiger partial charge < -0.3 is 11.5 Å². The van der Waals surface area contributed by atoms with Crippen LogP contribution in [0.3, 0.4) is 0 Å². The smallest absolute Gasteiger partial charge is 0.250 e. The van der Waals surface area contributed by atoms with Crippen LogP contribution in [0.15, 0.2) is 23.4 Å². The SMILES string of the molecule is N=C(N)Sc1ccc(C(N)=O)cn1. The fraction of sp³-hybridized carbons (Fsp3) is 0. The number of nitrogens with zero attached hydrogens (tertiary/aromatic N) is 1. The molecule has 1 heterocycles. The largest absolute Gasteiger partial charge is 0.378 e. The van der Waals surface area contributed by atoms with E-state index >= 15 is 0 Å². The first kappa shape index (κ1) is 9.53. The van der Waals surface area contributed by atoms with E-state index in [1.54, 1.807) is 12.1 Å². The molecule has 1 aromatic heterocycles. The average molecular weight is 196 g/mol. The Morgan fingerprint density at radius 2 is 2.15 bits per heavy atom. The number of pyridine rings is 1. The van der Waals surface area contributed by atoms with E-state index in [1.807, 2.05) is 0 Å². The molecule has 1 amide bonds. The number of primary amides is 1. The molecule has 5 nitrogen and oxygen atoms in total. The lowest BCUT2D eigenvalue weighted by Crippen LogP contribution is -2.11. The lowest BCUT2D eigenvalue weighted by molar-refractivity contribution is 0.1000. The Kier molecular flexibility index (Phi) is 2.86. The molecule has 0 aromatic carbocycles. The van der Waals surface area contributed by atoms with Crippen molar-refractivity contribution in [3.8, 4) is 0 Å². The van der Waals surface area contributed by atoms with Gasteiger partial charge in [-0.15, -0.1) is 0 Å². The van der Waals surface area contributed by atoms with Crippen molar-refractivity contribution in [3.63, 3.8) is 0 Å². The molecular weight excluding hydrogens is 188 g/mol. The van der Waals surface area contributed by atoms with Gasteiger partial charge in [0.15, 0.2) is 5.17 Å². The van der Waals surface area contributed by atoms with Crippen LogP contribution in [0.25, 0.3) is 0 Å². The average Bonchev–Trinajstić information content (AvgIpc) is 2.04. The van der Waals surface area contributed by atoms with Crippen molar-refractivity contribution in [2.24, 2.45) is 11.5 Å². The predicted molar refractivity (Wildman–Crippen MR) is 50.5 cm³/mol. The number of hydrogen-bond acceptors (Lipinski definition) is 4. The molecule has 0 aliphatic rings. The summed E-state index contributed by atoms with van der Waals surface area (Å²) in [4.78, 5) is 14.5. The number of amidine groups is 1. The summed E-state index contributed by atoms with van der Waals surface area (Å²) in [5.74, 6) is -0.521. The summed E-state index contributed by atoms with van der Waals surface area (Å²) in [6.45, 7) is 0. The van der Waals surface area contributed by atoms with E-state index in [4.69, 9.17) is 16.9 Å². The summed E-state index contributed by atoms with van der Waals surface area (Å²) >= 11 is 1.02. The molecule has 1 aromatic rings. The van der Waals surface area contributed by atoms with Crippen molar-refractivity contribution in [1.82, 2.24) is 4.98 Å². The number of carbonyl (C=O) groups is 1. The van der Waals surface area contributed by atoms with Gasteiger partial charge in [-0.1, -0.05) is 0 Å². The molecule has 0 atom stereocenters. The molecule has 13 heavy (non-hydrogen) atoms. The Bertz CT molecular complexity index is 335. The first-order chi connectivity index (χ1) is 6.09. The molecule has 0 spiro atoms. The van der Waals surface area contributed by atoms with Gasteiger partial charge in [-0.3, -0.25) is 10.2 Å². The van der Waals surface area contributed by atoms with Crippen LogP contribution < -0.4 is 11.5 Å². The number of nitrogens with one attached hydrogen (secondary N) is 1. The molecule has 0 fully saturated rings. The second-order valence-corrected chi connectivity index (χ2v) is 3.28. The molecule has 0 saturated carbocycles. The number of thioether (sulfide) groups is 1. The van der Waals surface area contributed by atoms with Crippen LogP contribution in [0.5, 0.6) is 0 Å². The summed E-state index contributed by atoms with van der Waals surface area (Å²) < 4.78 is 0. The van der Waals surface area contributed by atoms with Crippen LogP contribution in [0, 0.1) is 5.41 Å². The van der Waals surface area contributed by atoms with Gasteiger partial charge in [0.25, 0.3) is 0 Å². The molecular formula is C7H8N4OS. The molecule has 0 radical (unpaired) electrons. The Hall–Kier alpha value is -1.56. The molecule has 0 bridgehead atoms. The number of aromatic nitrogens is 1. The third-order valence-electron chi connectivity index (χ3n) is 1.24. The summed E-state index contributed by atoms with van der Waals surface area (Å²) in [5.41, 5.74) is 10.5. The van der Waals surface area contributed by atoms with Gasteiger partial charge in [0.05, 0.1) is 5.56 Å². The van der Waals surface area contributed by atoms with Crippen molar-refractivity contribution in [2.75, 3.05) is 0 Å². The molecule has 0 aliphatic carbocycles. The highest BCUT2D eigenvalue weighted by molar-refractivity contribution is 8.13. The molecule has 1 rings (SSSR count).